The summed E-state index contributed by atoms with van der Waals surface area (Å²) in [6, 6.07) is 7.11. The molecule has 1 aromatic heterocycles. The first-order chi connectivity index (χ1) is 8.13. The predicted octanol–water partition coefficient (Wildman–Crippen LogP) is 3.43. The summed E-state index contributed by atoms with van der Waals surface area (Å²) < 4.78 is 5.05. The first kappa shape index (κ1) is 11.7. The van der Waals surface area contributed by atoms with Gasteiger partial charge < -0.3 is 9.84 Å². The van der Waals surface area contributed by atoms with Gasteiger partial charge in [0.1, 0.15) is 5.75 Å². The summed E-state index contributed by atoms with van der Waals surface area (Å²) in [7, 11) is 1.52. The van der Waals surface area contributed by atoms with Gasteiger partial charge in [0, 0.05) is 10.4 Å². The minimum atomic E-state index is -0.938. The van der Waals surface area contributed by atoms with Crippen LogP contribution in [0.15, 0.2) is 29.6 Å². The van der Waals surface area contributed by atoms with Gasteiger partial charge in [-0.05, 0) is 42.1 Å². The van der Waals surface area contributed by atoms with Gasteiger partial charge in [-0.2, -0.15) is 0 Å². The molecule has 0 fully saturated rings. The number of benzene rings is 1. The third kappa shape index (κ3) is 2.17. The Morgan fingerprint density at radius 3 is 2.65 bits per heavy atom. The number of hydrogen-bond donors (Lipinski definition) is 1. The number of carbonyl (C=O) groups is 1. The first-order valence-electron chi connectivity index (χ1n) is 5.09. The van der Waals surface area contributed by atoms with Gasteiger partial charge in [0.05, 0.1) is 12.7 Å². The van der Waals surface area contributed by atoms with Crippen LogP contribution in [0.25, 0.3) is 10.4 Å². The van der Waals surface area contributed by atoms with Gasteiger partial charge in [0.2, 0.25) is 0 Å². The number of rotatable bonds is 3. The smallest absolute Gasteiger partial charge is 0.336 e. The SMILES string of the molecule is COc1ccc(-c2sccc2C)c(C(=O)O)c1. The van der Waals surface area contributed by atoms with E-state index in [-0.39, 0.29) is 5.56 Å². The second-order valence-corrected chi connectivity index (χ2v) is 4.57. The van der Waals surface area contributed by atoms with Crippen LogP contribution in [0.3, 0.4) is 0 Å². The van der Waals surface area contributed by atoms with Crippen LogP contribution < -0.4 is 4.74 Å². The lowest BCUT2D eigenvalue weighted by Crippen LogP contribution is -2.00. The molecule has 0 unspecified atom stereocenters. The molecule has 4 heteroatoms. The maximum Gasteiger partial charge on any atom is 0.336 e. The van der Waals surface area contributed by atoms with Crippen molar-refractivity contribution >= 4 is 17.3 Å². The monoisotopic (exact) mass is 248 g/mol. The molecule has 1 heterocycles. The number of ether oxygens (including phenoxy) is 1. The van der Waals surface area contributed by atoms with E-state index in [4.69, 9.17) is 4.74 Å². The number of hydrogen-bond acceptors (Lipinski definition) is 3. The Balaban J connectivity index is 2.62. The Bertz CT molecular complexity index is 558. The molecule has 88 valence electrons. The van der Waals surface area contributed by atoms with Gasteiger partial charge in [-0.1, -0.05) is 0 Å². The molecule has 0 aliphatic carbocycles. The highest BCUT2D eigenvalue weighted by Gasteiger charge is 2.15. The second kappa shape index (κ2) is 4.59. The molecule has 0 spiro atoms. The Morgan fingerprint density at radius 1 is 1.35 bits per heavy atom. The van der Waals surface area contributed by atoms with Crippen LogP contribution in [0.1, 0.15) is 15.9 Å². The molecule has 0 aliphatic heterocycles. The number of carboxylic acid groups (broad SMARTS) is 1. The quantitative estimate of drug-likeness (QED) is 0.905. The predicted molar refractivity (Wildman–Crippen MR) is 68.0 cm³/mol. The van der Waals surface area contributed by atoms with Gasteiger partial charge >= 0.3 is 5.97 Å². The molecule has 0 saturated carbocycles. The van der Waals surface area contributed by atoms with Gasteiger partial charge in [0.15, 0.2) is 0 Å². The van der Waals surface area contributed by atoms with E-state index in [0.29, 0.717) is 5.75 Å². The molecule has 0 atom stereocenters. The van der Waals surface area contributed by atoms with E-state index < -0.39 is 5.97 Å². The summed E-state index contributed by atoms with van der Waals surface area (Å²) in [6.07, 6.45) is 0. The van der Waals surface area contributed by atoms with E-state index in [2.05, 4.69) is 0 Å². The Labute approximate surface area is 103 Å². The molecule has 0 saturated heterocycles. The Morgan fingerprint density at radius 2 is 2.12 bits per heavy atom. The van der Waals surface area contributed by atoms with E-state index in [1.165, 1.54) is 7.11 Å². The van der Waals surface area contributed by atoms with E-state index in [1.807, 2.05) is 18.4 Å². The zero-order valence-electron chi connectivity index (χ0n) is 9.56. The average molecular weight is 248 g/mol. The van der Waals surface area contributed by atoms with Crippen molar-refractivity contribution in [1.29, 1.82) is 0 Å². The third-order valence-electron chi connectivity index (χ3n) is 2.56. The zero-order valence-corrected chi connectivity index (χ0v) is 10.4. The van der Waals surface area contributed by atoms with Crippen LogP contribution >= 0.6 is 11.3 Å². The molecule has 2 aromatic rings. The summed E-state index contributed by atoms with van der Waals surface area (Å²) in [6.45, 7) is 1.97. The molecular formula is C13H12O3S. The van der Waals surface area contributed by atoms with Crippen molar-refractivity contribution in [2.75, 3.05) is 7.11 Å². The normalized spacial score (nSPS) is 10.2. The van der Waals surface area contributed by atoms with Crippen LogP contribution in [0, 0.1) is 6.92 Å². The molecule has 0 amide bonds. The van der Waals surface area contributed by atoms with E-state index in [0.717, 1.165) is 16.0 Å². The molecule has 3 nitrogen and oxygen atoms in total. The summed E-state index contributed by atoms with van der Waals surface area (Å²) in [5, 5.41) is 11.2. The van der Waals surface area contributed by atoms with Crippen molar-refractivity contribution in [3.8, 4) is 16.2 Å². The topological polar surface area (TPSA) is 46.5 Å². The van der Waals surface area contributed by atoms with Crippen molar-refractivity contribution in [3.05, 3.63) is 40.8 Å². The van der Waals surface area contributed by atoms with Crippen LogP contribution in [0.4, 0.5) is 0 Å². The number of thiophene rings is 1. The molecule has 2 rings (SSSR count). The molecule has 17 heavy (non-hydrogen) atoms. The van der Waals surface area contributed by atoms with E-state index >= 15 is 0 Å². The lowest BCUT2D eigenvalue weighted by Gasteiger charge is -2.07. The maximum absolute atomic E-state index is 11.2. The fourth-order valence-corrected chi connectivity index (χ4v) is 2.64. The third-order valence-corrected chi connectivity index (χ3v) is 3.61. The summed E-state index contributed by atoms with van der Waals surface area (Å²) in [4.78, 5) is 12.2. The molecule has 1 N–H and O–H groups in total. The van der Waals surface area contributed by atoms with Crippen LogP contribution in [0.2, 0.25) is 0 Å². The van der Waals surface area contributed by atoms with Crippen molar-refractivity contribution in [1.82, 2.24) is 0 Å². The van der Waals surface area contributed by atoms with Gasteiger partial charge in [-0.25, -0.2) is 4.79 Å². The minimum absolute atomic E-state index is 0.273. The highest BCUT2D eigenvalue weighted by atomic mass is 32.1. The number of aromatic carboxylic acids is 1. The molecule has 0 radical (unpaired) electrons. The van der Waals surface area contributed by atoms with Crippen molar-refractivity contribution in [3.63, 3.8) is 0 Å². The van der Waals surface area contributed by atoms with Gasteiger partial charge in [-0.3, -0.25) is 0 Å². The molecular weight excluding hydrogens is 236 g/mol. The van der Waals surface area contributed by atoms with Crippen LogP contribution in [-0.4, -0.2) is 18.2 Å². The number of methoxy groups -OCH3 is 1. The lowest BCUT2D eigenvalue weighted by molar-refractivity contribution is 0.0697. The van der Waals surface area contributed by atoms with Gasteiger partial charge in [0.25, 0.3) is 0 Å². The van der Waals surface area contributed by atoms with Crippen LogP contribution in [0.5, 0.6) is 5.75 Å². The maximum atomic E-state index is 11.2. The number of carboxylic acids is 1. The summed E-state index contributed by atoms with van der Waals surface area (Å²) >= 11 is 1.54. The Kier molecular flexibility index (Phi) is 3.15. The molecule has 0 bridgehead atoms. The van der Waals surface area contributed by atoms with E-state index in [1.54, 1.807) is 29.5 Å². The van der Waals surface area contributed by atoms with Crippen LogP contribution in [-0.2, 0) is 0 Å². The Hall–Kier alpha value is -1.81. The van der Waals surface area contributed by atoms with Gasteiger partial charge in [-0.15, -0.1) is 11.3 Å². The largest absolute Gasteiger partial charge is 0.497 e. The van der Waals surface area contributed by atoms with E-state index in [9.17, 15) is 9.90 Å². The summed E-state index contributed by atoms with van der Waals surface area (Å²) in [5.41, 5.74) is 2.10. The second-order valence-electron chi connectivity index (χ2n) is 3.65. The zero-order chi connectivity index (χ0) is 12.4. The molecule has 1 aromatic carbocycles. The van der Waals surface area contributed by atoms with Crippen molar-refractivity contribution in [2.45, 2.75) is 6.92 Å². The molecule has 0 aliphatic rings. The highest BCUT2D eigenvalue weighted by Crippen LogP contribution is 2.33. The minimum Gasteiger partial charge on any atom is -0.497 e. The average Bonchev–Trinajstić information content (AvgIpc) is 2.74. The fraction of sp³-hybridized carbons (Fsp3) is 0.154. The fourth-order valence-electron chi connectivity index (χ4n) is 1.67. The highest BCUT2D eigenvalue weighted by molar-refractivity contribution is 7.13. The standard InChI is InChI=1S/C13H12O3S/c1-8-5-6-17-12(8)10-4-3-9(16-2)7-11(10)13(14)15/h3-7H,1-2H3,(H,14,15). The summed E-state index contributed by atoms with van der Waals surface area (Å²) in [5.74, 6) is -0.382. The number of aryl methyl sites for hydroxylation is 1. The van der Waals surface area contributed by atoms with Crippen molar-refractivity contribution < 1.29 is 14.6 Å². The van der Waals surface area contributed by atoms with Crippen molar-refractivity contribution in [2.24, 2.45) is 0 Å². The lowest BCUT2D eigenvalue weighted by atomic mass is 10.0. The first-order valence-corrected chi connectivity index (χ1v) is 5.97.